The molecular weight excluding hydrogens is 364 g/mol. The molecule has 0 bridgehead atoms. The molecule has 83 valence electrons. The van der Waals surface area contributed by atoms with Crippen molar-refractivity contribution < 1.29 is 20.1 Å². The molecule has 0 spiro atoms. The average molecular weight is 379 g/mol. The Morgan fingerprint density at radius 2 is 2.20 bits per heavy atom. The quantitative estimate of drug-likeness (QED) is 0.723. The van der Waals surface area contributed by atoms with Crippen LogP contribution in [0.3, 0.4) is 0 Å². The molecule has 0 amide bonds. The van der Waals surface area contributed by atoms with Crippen LogP contribution >= 0.6 is 0 Å². The van der Waals surface area contributed by atoms with Gasteiger partial charge in [0.25, 0.3) is 0 Å². The fraction of sp³-hybridized carbons (Fsp3) is 0.417. The maximum absolute atomic E-state index is 4.48. The summed E-state index contributed by atoms with van der Waals surface area (Å²) in [6, 6.07) is 2.06. The Morgan fingerprint density at radius 1 is 1.47 bits per heavy atom. The van der Waals surface area contributed by atoms with Crippen LogP contribution in [0.5, 0.6) is 0 Å². The largest absolute Gasteiger partial charge is 0.264 e. The van der Waals surface area contributed by atoms with Gasteiger partial charge in [0, 0.05) is 26.3 Å². The fourth-order valence-corrected chi connectivity index (χ4v) is 1.63. The molecule has 0 atom stereocenters. The number of aromatic nitrogens is 2. The molecule has 15 heavy (non-hydrogen) atoms. The molecule has 0 N–H and O–H groups in total. The van der Waals surface area contributed by atoms with Crippen molar-refractivity contribution in [1.82, 2.24) is 9.78 Å². The predicted octanol–water partition coefficient (Wildman–Crippen LogP) is 2.68. The Labute approximate surface area is 104 Å². The minimum Gasteiger partial charge on any atom is -0.264 e. The van der Waals surface area contributed by atoms with Gasteiger partial charge in [0.2, 0.25) is 0 Å². The second-order valence-electron chi connectivity index (χ2n) is 4.15. The summed E-state index contributed by atoms with van der Waals surface area (Å²) in [5.41, 5.74) is 2.30. The van der Waals surface area contributed by atoms with E-state index in [1.54, 1.807) is 0 Å². The van der Waals surface area contributed by atoms with E-state index in [4.69, 9.17) is 0 Å². The first kappa shape index (κ1) is 12.4. The van der Waals surface area contributed by atoms with Crippen LogP contribution < -0.4 is 0 Å². The van der Waals surface area contributed by atoms with Gasteiger partial charge in [-0.3, -0.25) is 4.68 Å². The zero-order valence-electron chi connectivity index (χ0n) is 9.24. The molecule has 1 heterocycles. The van der Waals surface area contributed by atoms with Crippen LogP contribution in [0.4, 0.5) is 0 Å². The SMILES string of the molecule is CCc1ccn(C2=[C-]C=CC2(C)C)n1.[Ir]. The number of rotatable bonds is 2. The summed E-state index contributed by atoms with van der Waals surface area (Å²) in [6.45, 7) is 6.46. The van der Waals surface area contributed by atoms with Crippen LogP contribution in [0.25, 0.3) is 5.70 Å². The second-order valence-corrected chi connectivity index (χ2v) is 4.15. The van der Waals surface area contributed by atoms with Crippen LogP contribution in [0.1, 0.15) is 26.5 Å². The van der Waals surface area contributed by atoms with E-state index in [1.165, 1.54) is 0 Å². The maximum atomic E-state index is 4.48. The van der Waals surface area contributed by atoms with E-state index in [0.717, 1.165) is 17.8 Å². The van der Waals surface area contributed by atoms with E-state index in [-0.39, 0.29) is 25.5 Å². The van der Waals surface area contributed by atoms with Gasteiger partial charge >= 0.3 is 0 Å². The minimum absolute atomic E-state index is 0. The van der Waals surface area contributed by atoms with Crippen LogP contribution in [0.2, 0.25) is 0 Å². The van der Waals surface area contributed by atoms with E-state index in [2.05, 4.69) is 44.1 Å². The molecule has 0 aliphatic heterocycles. The third kappa shape index (κ3) is 2.29. The van der Waals surface area contributed by atoms with Crippen molar-refractivity contribution >= 4 is 5.70 Å². The molecule has 0 fully saturated rings. The maximum Gasteiger partial charge on any atom is 0.0625 e. The van der Waals surface area contributed by atoms with Crippen LogP contribution in [-0.4, -0.2) is 9.78 Å². The van der Waals surface area contributed by atoms with Gasteiger partial charge < -0.3 is 0 Å². The molecule has 0 saturated carbocycles. The molecule has 0 unspecified atom stereocenters. The summed E-state index contributed by atoms with van der Waals surface area (Å²) in [7, 11) is 0. The third-order valence-corrected chi connectivity index (χ3v) is 2.57. The monoisotopic (exact) mass is 380 g/mol. The number of allylic oxidation sites excluding steroid dienone is 4. The van der Waals surface area contributed by atoms with Gasteiger partial charge in [-0.2, -0.15) is 5.10 Å². The average Bonchev–Trinajstić information content (AvgIpc) is 2.70. The number of nitrogens with zero attached hydrogens (tertiary/aromatic N) is 2. The van der Waals surface area contributed by atoms with Gasteiger partial charge in [0.05, 0.1) is 5.69 Å². The van der Waals surface area contributed by atoms with E-state index in [9.17, 15) is 0 Å². The first-order valence-corrected chi connectivity index (χ1v) is 5.00. The Kier molecular flexibility index (Phi) is 3.69. The molecular formula is C12H15IrN2-. The molecule has 2 rings (SSSR count). The van der Waals surface area contributed by atoms with Crippen LogP contribution in [0.15, 0.2) is 24.4 Å². The molecule has 1 aliphatic carbocycles. The topological polar surface area (TPSA) is 17.8 Å². The second kappa shape index (κ2) is 4.46. The standard InChI is InChI=1S/C12H15N2.Ir/c1-4-10-7-9-14(13-10)11-6-5-8-12(11,2)3;/h5,7-9H,4H2,1-3H3;/q-1;. The van der Waals surface area contributed by atoms with Crippen molar-refractivity contribution in [3.05, 3.63) is 36.2 Å². The van der Waals surface area contributed by atoms with Crippen molar-refractivity contribution in [1.29, 1.82) is 0 Å². The van der Waals surface area contributed by atoms with Gasteiger partial charge in [0.15, 0.2) is 0 Å². The van der Waals surface area contributed by atoms with Crippen molar-refractivity contribution in [3.8, 4) is 0 Å². The normalized spacial score (nSPS) is 17.4. The van der Waals surface area contributed by atoms with Crippen molar-refractivity contribution in [2.75, 3.05) is 0 Å². The Morgan fingerprint density at radius 3 is 2.67 bits per heavy atom. The summed E-state index contributed by atoms with van der Waals surface area (Å²) in [5, 5.41) is 4.48. The fourth-order valence-electron chi connectivity index (χ4n) is 1.63. The van der Waals surface area contributed by atoms with Gasteiger partial charge in [-0.25, -0.2) is 18.2 Å². The summed E-state index contributed by atoms with van der Waals surface area (Å²) in [6.07, 6.45) is 10.4. The van der Waals surface area contributed by atoms with Crippen molar-refractivity contribution in [2.24, 2.45) is 5.41 Å². The minimum atomic E-state index is 0. The molecule has 2 nitrogen and oxygen atoms in total. The summed E-state index contributed by atoms with van der Waals surface area (Å²) in [4.78, 5) is 0. The summed E-state index contributed by atoms with van der Waals surface area (Å²) < 4.78 is 1.93. The Bertz CT molecular complexity index is 400. The van der Waals surface area contributed by atoms with E-state index >= 15 is 0 Å². The summed E-state index contributed by atoms with van der Waals surface area (Å²) in [5.74, 6) is 0. The molecule has 0 aromatic carbocycles. The van der Waals surface area contributed by atoms with E-state index < -0.39 is 0 Å². The van der Waals surface area contributed by atoms with E-state index in [0.29, 0.717) is 0 Å². The third-order valence-electron chi connectivity index (χ3n) is 2.57. The van der Waals surface area contributed by atoms with Crippen LogP contribution in [-0.2, 0) is 26.5 Å². The Hall–Kier alpha value is -0.661. The molecule has 3 heteroatoms. The first-order valence-electron chi connectivity index (χ1n) is 5.00. The zero-order valence-corrected chi connectivity index (χ0v) is 11.6. The molecule has 1 aromatic heterocycles. The van der Waals surface area contributed by atoms with Crippen LogP contribution in [0, 0.1) is 11.5 Å². The number of hydrogen-bond acceptors (Lipinski definition) is 1. The van der Waals surface area contributed by atoms with Gasteiger partial charge in [-0.1, -0.05) is 31.9 Å². The smallest absolute Gasteiger partial charge is 0.0625 e. The van der Waals surface area contributed by atoms with Crippen molar-refractivity contribution in [2.45, 2.75) is 27.2 Å². The Balaban J connectivity index is 0.00000112. The summed E-state index contributed by atoms with van der Waals surface area (Å²) >= 11 is 0. The van der Waals surface area contributed by atoms with Gasteiger partial charge in [0.1, 0.15) is 0 Å². The van der Waals surface area contributed by atoms with Crippen molar-refractivity contribution in [3.63, 3.8) is 0 Å². The molecule has 1 aliphatic rings. The number of hydrogen-bond donors (Lipinski definition) is 0. The molecule has 0 saturated heterocycles. The predicted molar refractivity (Wildman–Crippen MR) is 57.5 cm³/mol. The van der Waals surface area contributed by atoms with Gasteiger partial charge in [-0.15, -0.1) is 0 Å². The van der Waals surface area contributed by atoms with E-state index in [1.807, 2.05) is 17.0 Å². The molecule has 1 radical (unpaired) electrons. The first-order chi connectivity index (χ1) is 6.63. The number of aryl methyl sites for hydroxylation is 1. The molecule has 1 aromatic rings. The zero-order chi connectivity index (χ0) is 10.2. The van der Waals surface area contributed by atoms with Gasteiger partial charge in [-0.05, 0) is 12.5 Å².